The highest BCUT2D eigenvalue weighted by Gasteiger charge is 2.23. The van der Waals surface area contributed by atoms with E-state index in [-0.39, 0.29) is 31.3 Å². The van der Waals surface area contributed by atoms with Crippen molar-refractivity contribution < 1.29 is 24.5 Å². The summed E-state index contributed by atoms with van der Waals surface area (Å²) in [6, 6.07) is -0.738. The molecule has 6 nitrogen and oxygen atoms in total. The molecule has 0 radical (unpaired) electrons. The second-order valence-electron chi connectivity index (χ2n) is 16.6. The smallest absolute Gasteiger partial charge is 0.306 e. The van der Waals surface area contributed by atoms with Gasteiger partial charge in [-0.1, -0.05) is 234 Å². The van der Waals surface area contributed by atoms with E-state index in [0.717, 1.165) is 51.4 Å². The van der Waals surface area contributed by atoms with Gasteiger partial charge in [0, 0.05) is 6.42 Å². The fourth-order valence-corrected chi connectivity index (χ4v) is 7.10. The molecule has 60 heavy (non-hydrogen) atoms. The highest BCUT2D eigenvalue weighted by Crippen LogP contribution is 2.16. The van der Waals surface area contributed by atoms with E-state index in [2.05, 4.69) is 56.5 Å². The van der Waals surface area contributed by atoms with Gasteiger partial charge in [-0.25, -0.2) is 0 Å². The Kier molecular flexibility index (Phi) is 44.8. The van der Waals surface area contributed by atoms with Crippen LogP contribution >= 0.6 is 0 Å². The third-order valence-electron chi connectivity index (χ3n) is 10.8. The standard InChI is InChI=1S/C54H93NO5/c1-4-7-10-13-16-19-22-25-26-29-31-34-37-40-43-46-52(57)51(49-56)55-53(58)48-50(45-42-39-36-33-30-27-23-20-17-14-11-8-5-2)60-54(59)47-44-41-38-35-32-28-24-21-18-15-12-9-6-3/h8,11,14,17,20,23,27-28,30,32-33,36,38,41,50-52,56-57H,4-7,9-10,12-13,15-16,18-19,21-22,24-26,29,31,34-35,37,39-40,42-49H2,1-3H3,(H,55,58)/b11-8+,17-14+,23-20-,30-27-,32-28-,36-33+,41-38+. The van der Waals surface area contributed by atoms with E-state index >= 15 is 0 Å². The lowest BCUT2D eigenvalue weighted by molar-refractivity contribution is -0.150. The SMILES string of the molecule is CC/C=C/C=C/C=C\C=C/C=C/CCCC(CC(=O)NC(CO)C(O)CCCCCCCCCCCCCCCCC)OC(=O)CC/C=C/C/C=C\CCCCCCCC. The fourth-order valence-electron chi connectivity index (χ4n) is 7.10. The summed E-state index contributed by atoms with van der Waals surface area (Å²) >= 11 is 0. The minimum Gasteiger partial charge on any atom is -0.462 e. The maximum atomic E-state index is 13.2. The Morgan fingerprint density at radius 3 is 1.52 bits per heavy atom. The quantitative estimate of drug-likeness (QED) is 0.0246. The molecule has 1 amide bonds. The van der Waals surface area contributed by atoms with Crippen molar-refractivity contribution in [3.05, 3.63) is 85.1 Å². The predicted molar refractivity (Wildman–Crippen MR) is 259 cm³/mol. The topological polar surface area (TPSA) is 95.9 Å². The van der Waals surface area contributed by atoms with Crippen LogP contribution in [0.25, 0.3) is 0 Å². The largest absolute Gasteiger partial charge is 0.462 e. The lowest BCUT2D eigenvalue weighted by Crippen LogP contribution is -2.46. The third kappa shape index (κ3) is 41.8. The molecule has 0 spiro atoms. The van der Waals surface area contributed by atoms with Gasteiger partial charge in [-0.05, 0) is 57.8 Å². The van der Waals surface area contributed by atoms with E-state index in [9.17, 15) is 19.8 Å². The first kappa shape index (κ1) is 57.0. The number of amides is 1. The van der Waals surface area contributed by atoms with Crippen molar-refractivity contribution in [3.8, 4) is 0 Å². The number of allylic oxidation sites excluding steroid dienone is 14. The summed E-state index contributed by atoms with van der Waals surface area (Å²) in [4.78, 5) is 26.0. The number of hydrogen-bond acceptors (Lipinski definition) is 5. The van der Waals surface area contributed by atoms with Crippen LogP contribution in [0.5, 0.6) is 0 Å². The van der Waals surface area contributed by atoms with E-state index in [1.165, 1.54) is 116 Å². The average molecular weight is 836 g/mol. The van der Waals surface area contributed by atoms with Gasteiger partial charge in [0.25, 0.3) is 0 Å². The van der Waals surface area contributed by atoms with Gasteiger partial charge >= 0.3 is 5.97 Å². The fraction of sp³-hybridized carbons (Fsp3) is 0.704. The predicted octanol–water partition coefficient (Wildman–Crippen LogP) is 14.8. The maximum absolute atomic E-state index is 13.2. The number of ether oxygens (including phenoxy) is 1. The highest BCUT2D eigenvalue weighted by atomic mass is 16.5. The first-order valence-corrected chi connectivity index (χ1v) is 24.9. The number of aliphatic hydroxyl groups is 2. The summed E-state index contributed by atoms with van der Waals surface area (Å²) in [5, 5.41) is 23.7. The second-order valence-corrected chi connectivity index (χ2v) is 16.6. The van der Waals surface area contributed by atoms with Crippen molar-refractivity contribution in [2.24, 2.45) is 0 Å². The van der Waals surface area contributed by atoms with E-state index in [1.807, 2.05) is 54.7 Å². The molecule has 0 fully saturated rings. The Labute approximate surface area is 370 Å². The monoisotopic (exact) mass is 836 g/mol. The Hall–Kier alpha value is -2.96. The maximum Gasteiger partial charge on any atom is 0.306 e. The Morgan fingerprint density at radius 2 is 0.983 bits per heavy atom. The first-order chi connectivity index (χ1) is 29.5. The Morgan fingerprint density at radius 1 is 0.517 bits per heavy atom. The van der Waals surface area contributed by atoms with Crippen LogP contribution < -0.4 is 5.32 Å². The van der Waals surface area contributed by atoms with Crippen LogP contribution in [0, 0.1) is 0 Å². The zero-order valence-electron chi connectivity index (χ0n) is 39.1. The van der Waals surface area contributed by atoms with Crippen molar-refractivity contribution in [1.82, 2.24) is 5.32 Å². The lowest BCUT2D eigenvalue weighted by atomic mass is 10.0. The van der Waals surface area contributed by atoms with Gasteiger partial charge in [0.2, 0.25) is 5.91 Å². The molecule has 0 saturated heterocycles. The summed E-state index contributed by atoms with van der Waals surface area (Å²) in [5.41, 5.74) is 0. The van der Waals surface area contributed by atoms with Crippen molar-refractivity contribution in [2.75, 3.05) is 6.61 Å². The number of carbonyl (C=O) groups excluding carboxylic acids is 2. The average Bonchev–Trinajstić information content (AvgIpc) is 3.24. The van der Waals surface area contributed by atoms with Gasteiger partial charge in [-0.2, -0.15) is 0 Å². The third-order valence-corrected chi connectivity index (χ3v) is 10.8. The first-order valence-electron chi connectivity index (χ1n) is 24.9. The number of nitrogens with one attached hydrogen (secondary N) is 1. The molecule has 3 atom stereocenters. The molecule has 0 bridgehead atoms. The molecule has 0 aliphatic heterocycles. The van der Waals surface area contributed by atoms with E-state index in [4.69, 9.17) is 4.74 Å². The molecule has 0 aromatic rings. The molecule has 0 aromatic carbocycles. The van der Waals surface area contributed by atoms with Crippen LogP contribution in [-0.4, -0.2) is 46.9 Å². The van der Waals surface area contributed by atoms with Gasteiger partial charge in [-0.3, -0.25) is 9.59 Å². The van der Waals surface area contributed by atoms with Crippen molar-refractivity contribution in [1.29, 1.82) is 0 Å². The molecule has 3 N–H and O–H groups in total. The van der Waals surface area contributed by atoms with Gasteiger partial charge in [0.15, 0.2) is 0 Å². The minimum atomic E-state index is -0.818. The number of unbranched alkanes of at least 4 members (excludes halogenated alkanes) is 21. The van der Waals surface area contributed by atoms with Gasteiger partial charge in [0.1, 0.15) is 6.10 Å². The van der Waals surface area contributed by atoms with Gasteiger partial charge < -0.3 is 20.3 Å². The zero-order valence-corrected chi connectivity index (χ0v) is 39.1. The van der Waals surface area contributed by atoms with Gasteiger partial charge in [-0.15, -0.1) is 0 Å². The summed E-state index contributed by atoms with van der Waals surface area (Å²) in [6.07, 6.45) is 60.9. The van der Waals surface area contributed by atoms with Gasteiger partial charge in [0.05, 0.1) is 25.2 Å². The highest BCUT2D eigenvalue weighted by molar-refractivity contribution is 5.77. The molecule has 3 unspecified atom stereocenters. The van der Waals surface area contributed by atoms with Crippen LogP contribution in [0.1, 0.15) is 220 Å². The second kappa shape index (κ2) is 47.1. The molecule has 0 aliphatic rings. The van der Waals surface area contributed by atoms with E-state index in [1.54, 1.807) is 0 Å². The molecule has 344 valence electrons. The summed E-state index contributed by atoms with van der Waals surface area (Å²) in [6.45, 7) is 6.29. The van der Waals surface area contributed by atoms with Crippen LogP contribution in [0.3, 0.4) is 0 Å². The normalized spacial score (nSPS) is 14.0. The van der Waals surface area contributed by atoms with Crippen LogP contribution in [0.15, 0.2) is 85.1 Å². The summed E-state index contributed by atoms with van der Waals surface area (Å²) < 4.78 is 5.84. The molecule has 0 heterocycles. The van der Waals surface area contributed by atoms with Crippen molar-refractivity contribution >= 4 is 11.9 Å². The molecular weight excluding hydrogens is 743 g/mol. The van der Waals surface area contributed by atoms with E-state index in [0.29, 0.717) is 19.3 Å². The Bertz CT molecular complexity index is 1160. The summed E-state index contributed by atoms with van der Waals surface area (Å²) in [5.74, 6) is -0.632. The molecular formula is C54H93NO5. The van der Waals surface area contributed by atoms with Crippen molar-refractivity contribution in [2.45, 2.75) is 238 Å². The minimum absolute atomic E-state index is 0.00251. The van der Waals surface area contributed by atoms with Crippen molar-refractivity contribution in [3.63, 3.8) is 0 Å². The molecule has 0 aromatic heterocycles. The number of rotatable bonds is 43. The molecule has 6 heteroatoms. The zero-order chi connectivity index (χ0) is 43.8. The van der Waals surface area contributed by atoms with Crippen LogP contribution in [0.4, 0.5) is 0 Å². The lowest BCUT2D eigenvalue weighted by Gasteiger charge is -2.24. The summed E-state index contributed by atoms with van der Waals surface area (Å²) in [7, 11) is 0. The molecule has 0 aliphatic carbocycles. The number of carbonyl (C=O) groups is 2. The molecule has 0 rings (SSSR count). The van der Waals surface area contributed by atoms with Crippen LogP contribution in [-0.2, 0) is 14.3 Å². The Balaban J connectivity index is 4.73. The number of hydrogen-bond donors (Lipinski definition) is 3. The molecule has 0 saturated carbocycles. The number of esters is 1. The van der Waals surface area contributed by atoms with Crippen LogP contribution in [0.2, 0.25) is 0 Å². The van der Waals surface area contributed by atoms with E-state index < -0.39 is 18.2 Å². The number of aliphatic hydroxyl groups excluding tert-OH is 2.